The summed E-state index contributed by atoms with van der Waals surface area (Å²) in [6.45, 7) is 5.29. The average molecular weight is 882 g/mol. The molecule has 15 heteroatoms. The predicted octanol–water partition coefficient (Wildman–Crippen LogP) is 7.16. The lowest BCUT2D eigenvalue weighted by Gasteiger charge is -2.43. The summed E-state index contributed by atoms with van der Waals surface area (Å²) >= 11 is 0. The molecule has 15 nitrogen and oxygen atoms in total. The molecule has 5 aromatic rings. The molecule has 1 saturated heterocycles. The number of H-pyrrole nitrogens is 1. The fourth-order valence-corrected chi connectivity index (χ4v) is 10.1. The zero-order valence-corrected chi connectivity index (χ0v) is 37.4. The van der Waals surface area contributed by atoms with Gasteiger partial charge in [-0.3, -0.25) is 14.4 Å². The van der Waals surface area contributed by atoms with Crippen molar-refractivity contribution in [2.45, 2.75) is 83.7 Å². The molecular weight excluding hydrogens is 827 g/mol. The van der Waals surface area contributed by atoms with E-state index in [0.717, 1.165) is 60.9 Å². The average Bonchev–Trinajstić information content (AvgIpc) is 3.92. The van der Waals surface area contributed by atoms with Gasteiger partial charge in [0.05, 0.1) is 49.2 Å². The van der Waals surface area contributed by atoms with Crippen molar-refractivity contribution in [1.29, 1.82) is 0 Å². The number of nitrogens with one attached hydrogen (secondary N) is 2. The zero-order valence-electron chi connectivity index (χ0n) is 37.4. The Hall–Kier alpha value is -6.64. The highest BCUT2D eigenvalue weighted by Gasteiger charge is 2.44. The van der Waals surface area contributed by atoms with Crippen molar-refractivity contribution < 1.29 is 38.1 Å². The number of amides is 3. The van der Waals surface area contributed by atoms with Crippen molar-refractivity contribution in [3.63, 3.8) is 0 Å². The Bertz CT molecular complexity index is 2690. The second-order valence-electron chi connectivity index (χ2n) is 18.0. The number of methoxy groups -OCH3 is 2. The van der Waals surface area contributed by atoms with Crippen molar-refractivity contribution in [2.24, 2.45) is 22.9 Å². The van der Waals surface area contributed by atoms with Crippen molar-refractivity contribution in [3.8, 4) is 40.0 Å². The number of rotatable bonds is 13. The molecule has 2 aromatic heterocycles. The van der Waals surface area contributed by atoms with Crippen molar-refractivity contribution in [2.75, 3.05) is 40.7 Å². The van der Waals surface area contributed by atoms with Crippen molar-refractivity contribution in [3.05, 3.63) is 88.9 Å². The minimum atomic E-state index is -0.883. The minimum absolute atomic E-state index is 0.0307. The Morgan fingerprint density at radius 3 is 2.45 bits per heavy atom. The number of carbonyl (C=O) groups is 3. The lowest BCUT2D eigenvalue weighted by Crippen LogP contribution is -2.56. The normalized spacial score (nSPS) is 20.0. The van der Waals surface area contributed by atoms with Crippen LogP contribution in [-0.4, -0.2) is 101 Å². The van der Waals surface area contributed by atoms with Gasteiger partial charge in [0.15, 0.2) is 23.0 Å². The van der Waals surface area contributed by atoms with E-state index in [-0.39, 0.29) is 42.9 Å². The van der Waals surface area contributed by atoms with E-state index >= 15 is 0 Å². The molecule has 3 aliphatic heterocycles. The zero-order chi connectivity index (χ0) is 44.8. The number of aromatic amines is 1. The van der Waals surface area contributed by atoms with Crippen LogP contribution in [0.2, 0.25) is 0 Å². The molecule has 2 N–H and O–H groups in total. The second-order valence-corrected chi connectivity index (χ2v) is 18.0. The minimum Gasteiger partial charge on any atom is -0.493 e. The number of benzene rings is 3. The van der Waals surface area contributed by atoms with E-state index in [1.165, 1.54) is 6.33 Å². The summed E-state index contributed by atoms with van der Waals surface area (Å²) in [5.41, 5.74) is 6.80. The largest absolute Gasteiger partial charge is 0.493 e. The third-order valence-electron chi connectivity index (χ3n) is 13.7. The summed E-state index contributed by atoms with van der Waals surface area (Å²) in [7, 11) is 3.23. The van der Waals surface area contributed by atoms with Gasteiger partial charge in [0, 0.05) is 42.6 Å². The monoisotopic (exact) mass is 881 g/mol. The van der Waals surface area contributed by atoms with Gasteiger partial charge in [-0.05, 0) is 94.2 Å². The van der Waals surface area contributed by atoms with E-state index < -0.39 is 11.9 Å². The third-order valence-corrected chi connectivity index (χ3v) is 13.7. The number of aromatic nitrogens is 3. The molecule has 0 spiro atoms. The molecule has 3 fully saturated rings. The van der Waals surface area contributed by atoms with E-state index in [1.54, 1.807) is 19.2 Å². The predicted molar refractivity (Wildman–Crippen MR) is 243 cm³/mol. The summed E-state index contributed by atoms with van der Waals surface area (Å²) in [6, 6.07) is 16.5. The highest BCUT2D eigenvalue weighted by Crippen LogP contribution is 2.49. The van der Waals surface area contributed by atoms with Crippen LogP contribution in [0.4, 0.5) is 0 Å². The molecule has 3 amide bonds. The fourth-order valence-electron chi connectivity index (χ4n) is 10.1. The lowest BCUT2D eigenvalue weighted by atomic mass is 9.73. The molecule has 5 heterocycles. The molecule has 5 aliphatic rings. The van der Waals surface area contributed by atoms with Gasteiger partial charge in [-0.15, -0.1) is 0 Å². The lowest BCUT2D eigenvalue weighted by molar-refractivity contribution is -0.143. The Morgan fingerprint density at radius 1 is 0.892 bits per heavy atom. The summed E-state index contributed by atoms with van der Waals surface area (Å²) in [6.07, 6.45) is 8.87. The number of nitrogens with zero attached hydrogens (tertiary/aromatic N) is 5. The number of carbonyl (C=O) groups excluding carboxylic acids is 3. The number of piperidine rings is 1. The Kier molecular flexibility index (Phi) is 11.5. The molecule has 3 atom stereocenters. The van der Waals surface area contributed by atoms with E-state index in [9.17, 15) is 14.4 Å². The molecule has 10 rings (SSSR count). The molecule has 3 aromatic carbocycles. The van der Waals surface area contributed by atoms with Gasteiger partial charge in [0.25, 0.3) is 5.91 Å². The standard InChI is InChI=1S/C50H55N7O8/c1-28-8-7-9-31(22-28)23-36(54-48(58)41-29(2)53-46-44(41)51-26-52-45(46)42-38(63-25-30-12-13-30)16-17-39-47(42)65-27-64-39)50(60)56-20-18-33(19-21-56)57-49(59)35-11-6-5-10-34(35)43(55-57)32-14-15-37(61-3)40(24-32)62-4/h7-9,14-17,22,24,26,30,33-36,53H,5-6,10-13,18-21,23,25,27H2,1-4H3,(H,54,58)/t34-,35+,36+/m0/s1. The second kappa shape index (κ2) is 17.7. The maximum atomic E-state index is 14.7. The van der Waals surface area contributed by atoms with Crippen LogP contribution in [0, 0.1) is 31.6 Å². The molecule has 65 heavy (non-hydrogen) atoms. The first-order valence-corrected chi connectivity index (χ1v) is 22.9. The Balaban J connectivity index is 0.909. The van der Waals surface area contributed by atoms with Gasteiger partial charge >= 0.3 is 0 Å². The summed E-state index contributed by atoms with van der Waals surface area (Å²) in [4.78, 5) is 58.1. The van der Waals surface area contributed by atoms with Crippen LogP contribution < -0.4 is 29.0 Å². The molecular formula is C50H55N7O8. The highest BCUT2D eigenvalue weighted by atomic mass is 16.7. The van der Waals surface area contributed by atoms with E-state index in [2.05, 4.69) is 15.3 Å². The first-order chi connectivity index (χ1) is 31.7. The third kappa shape index (κ3) is 8.21. The van der Waals surface area contributed by atoms with Gasteiger partial charge < -0.3 is 38.9 Å². The molecule has 0 unspecified atom stereocenters. The van der Waals surface area contributed by atoms with Crippen LogP contribution in [0.3, 0.4) is 0 Å². The summed E-state index contributed by atoms with van der Waals surface area (Å²) in [5, 5.41) is 9.97. The van der Waals surface area contributed by atoms with Gasteiger partial charge in [-0.1, -0.05) is 42.7 Å². The first-order valence-electron chi connectivity index (χ1n) is 22.9. The van der Waals surface area contributed by atoms with Gasteiger partial charge in [0.2, 0.25) is 18.6 Å². The van der Waals surface area contributed by atoms with Gasteiger partial charge in [-0.25, -0.2) is 15.0 Å². The highest BCUT2D eigenvalue weighted by molar-refractivity contribution is 6.11. The molecule has 2 aliphatic carbocycles. The number of ether oxygens (including phenoxy) is 5. The van der Waals surface area contributed by atoms with Crippen molar-refractivity contribution >= 4 is 34.5 Å². The van der Waals surface area contributed by atoms with E-state index in [4.69, 9.17) is 33.8 Å². The quantitative estimate of drug-likeness (QED) is 0.124. The smallest absolute Gasteiger partial charge is 0.255 e. The summed E-state index contributed by atoms with van der Waals surface area (Å²) < 4.78 is 29.2. The maximum Gasteiger partial charge on any atom is 0.255 e. The van der Waals surface area contributed by atoms with Crippen LogP contribution in [0.25, 0.3) is 22.3 Å². The molecule has 0 radical (unpaired) electrons. The van der Waals surface area contributed by atoms with E-state index in [0.29, 0.717) is 101 Å². The SMILES string of the molecule is COc1ccc(C2=NN(C3CCN(C(=O)[C@@H](Cc4cccc(C)c4)NC(=O)c4c(C)[nH]c5c(-c6c(OCC7CC7)ccc7c6OCO7)ncnc45)CC3)C(=O)[C@@H]3CCCC[C@H]23)cc1OC. The van der Waals surface area contributed by atoms with Crippen LogP contribution in [0.15, 0.2) is 66.0 Å². The van der Waals surface area contributed by atoms with Crippen LogP contribution >= 0.6 is 0 Å². The Labute approximate surface area is 377 Å². The maximum absolute atomic E-state index is 14.7. The number of fused-ring (bicyclic) bond motifs is 3. The van der Waals surface area contributed by atoms with Crippen LogP contribution in [0.5, 0.6) is 28.7 Å². The molecule has 338 valence electrons. The van der Waals surface area contributed by atoms with Gasteiger partial charge in [0.1, 0.15) is 29.3 Å². The number of aryl methyl sites for hydroxylation is 2. The van der Waals surface area contributed by atoms with Crippen molar-refractivity contribution in [1.82, 2.24) is 30.2 Å². The number of hydrazone groups is 1. The van der Waals surface area contributed by atoms with Crippen LogP contribution in [0.1, 0.15) is 84.1 Å². The number of hydrogen-bond acceptors (Lipinski definition) is 11. The summed E-state index contributed by atoms with van der Waals surface area (Å²) in [5.74, 6) is 2.82. The number of likely N-dealkylation sites (tertiary alicyclic amines) is 1. The van der Waals surface area contributed by atoms with E-state index in [1.807, 2.05) is 73.3 Å². The topological polar surface area (TPSA) is 170 Å². The van der Waals surface area contributed by atoms with Gasteiger partial charge in [-0.2, -0.15) is 5.10 Å². The Morgan fingerprint density at radius 2 is 1.68 bits per heavy atom. The van der Waals surface area contributed by atoms with Crippen LogP contribution in [-0.2, 0) is 16.0 Å². The molecule has 0 bridgehead atoms. The number of hydrogen-bond donors (Lipinski definition) is 2. The first kappa shape index (κ1) is 42.3. The fraction of sp³-hybridized carbons (Fsp3) is 0.440. The molecule has 2 saturated carbocycles.